The van der Waals surface area contributed by atoms with E-state index in [4.69, 9.17) is 11.1 Å². The van der Waals surface area contributed by atoms with E-state index in [2.05, 4.69) is 6.92 Å². The van der Waals surface area contributed by atoms with E-state index in [1.807, 2.05) is 13.8 Å². The monoisotopic (exact) mass is 304 g/mol. The van der Waals surface area contributed by atoms with Gasteiger partial charge in [0, 0.05) is 32.6 Å². The van der Waals surface area contributed by atoms with Gasteiger partial charge >= 0.3 is 0 Å². The van der Waals surface area contributed by atoms with Gasteiger partial charge in [-0.05, 0) is 24.7 Å². The molecule has 0 radical (unpaired) electrons. The van der Waals surface area contributed by atoms with Crippen LogP contribution in [-0.4, -0.2) is 49.0 Å². The summed E-state index contributed by atoms with van der Waals surface area (Å²) in [5, 5.41) is 7.29. The summed E-state index contributed by atoms with van der Waals surface area (Å²) in [6, 6.07) is 0. The van der Waals surface area contributed by atoms with Crippen LogP contribution in [-0.2, 0) is 10.2 Å². The zero-order chi connectivity index (χ0) is 15.3. The van der Waals surface area contributed by atoms with Gasteiger partial charge in [-0.2, -0.15) is 17.0 Å². The zero-order valence-electron chi connectivity index (χ0n) is 12.8. The van der Waals surface area contributed by atoms with E-state index >= 15 is 0 Å². The van der Waals surface area contributed by atoms with Gasteiger partial charge in [-0.1, -0.05) is 20.8 Å². The number of nitrogens with two attached hydrogens (primary N) is 1. The summed E-state index contributed by atoms with van der Waals surface area (Å²) in [6.45, 7) is 8.11. The number of nitrogens with zero attached hydrogens (tertiary/aromatic N) is 2. The molecule has 0 aromatic rings. The molecule has 1 aliphatic heterocycles. The molecule has 1 fully saturated rings. The summed E-state index contributed by atoms with van der Waals surface area (Å²) in [4.78, 5) is 0. The first-order valence-corrected chi connectivity index (χ1v) is 8.71. The van der Waals surface area contributed by atoms with Gasteiger partial charge in [-0.15, -0.1) is 0 Å². The topological polar surface area (TPSA) is 90.5 Å². The smallest absolute Gasteiger partial charge is 0.281 e. The van der Waals surface area contributed by atoms with Crippen LogP contribution in [0.5, 0.6) is 0 Å². The van der Waals surface area contributed by atoms with Crippen molar-refractivity contribution in [1.29, 1.82) is 5.41 Å². The number of hydrogen-bond donors (Lipinski definition) is 2. The van der Waals surface area contributed by atoms with Crippen molar-refractivity contribution in [2.24, 2.45) is 17.6 Å². The van der Waals surface area contributed by atoms with Crippen molar-refractivity contribution in [3.05, 3.63) is 0 Å². The summed E-state index contributed by atoms with van der Waals surface area (Å²) < 4.78 is 28.4. The fourth-order valence-electron chi connectivity index (χ4n) is 2.33. The molecule has 6 nitrogen and oxygen atoms in total. The fourth-order valence-corrected chi connectivity index (χ4v) is 4.14. The van der Waals surface area contributed by atoms with Crippen LogP contribution in [0.4, 0.5) is 0 Å². The second-order valence-electron chi connectivity index (χ2n) is 6.12. The van der Waals surface area contributed by atoms with Crippen LogP contribution in [0, 0.1) is 17.2 Å². The Bertz CT molecular complexity index is 414. The highest BCUT2D eigenvalue weighted by molar-refractivity contribution is 7.86. The molecule has 0 bridgehead atoms. The predicted octanol–water partition coefficient (Wildman–Crippen LogP) is 1.25. The van der Waals surface area contributed by atoms with Gasteiger partial charge in [0.2, 0.25) is 0 Å². The lowest BCUT2D eigenvalue weighted by Gasteiger charge is -2.34. The average molecular weight is 304 g/mol. The molecule has 1 heterocycles. The Kier molecular flexibility index (Phi) is 6.42. The van der Waals surface area contributed by atoms with Crippen molar-refractivity contribution in [2.75, 3.05) is 26.2 Å². The maximum absolute atomic E-state index is 12.7. The van der Waals surface area contributed by atoms with E-state index in [0.29, 0.717) is 32.1 Å². The molecule has 3 N–H and O–H groups in total. The van der Waals surface area contributed by atoms with Crippen molar-refractivity contribution in [2.45, 2.75) is 40.0 Å². The van der Waals surface area contributed by atoms with Crippen LogP contribution in [0.15, 0.2) is 0 Å². The SMILES string of the molecule is CC(C)CN(CCC(=N)N)S(=O)(=O)N1CCC(C)CC1. The third-order valence-corrected chi connectivity index (χ3v) is 5.60. The van der Waals surface area contributed by atoms with E-state index < -0.39 is 10.2 Å². The van der Waals surface area contributed by atoms with Crippen molar-refractivity contribution in [3.8, 4) is 0 Å². The van der Waals surface area contributed by atoms with Crippen LogP contribution in [0.25, 0.3) is 0 Å². The van der Waals surface area contributed by atoms with Gasteiger partial charge in [0.25, 0.3) is 10.2 Å². The number of rotatable bonds is 7. The molecular weight excluding hydrogens is 276 g/mol. The Morgan fingerprint density at radius 2 is 1.95 bits per heavy atom. The molecule has 20 heavy (non-hydrogen) atoms. The van der Waals surface area contributed by atoms with E-state index in [-0.39, 0.29) is 18.2 Å². The first-order valence-electron chi connectivity index (χ1n) is 7.31. The van der Waals surface area contributed by atoms with E-state index in [9.17, 15) is 8.42 Å². The van der Waals surface area contributed by atoms with Crippen LogP contribution >= 0.6 is 0 Å². The van der Waals surface area contributed by atoms with Crippen LogP contribution in [0.1, 0.15) is 40.0 Å². The maximum atomic E-state index is 12.7. The molecular formula is C13H28N4O2S. The second-order valence-corrected chi connectivity index (χ2v) is 8.04. The van der Waals surface area contributed by atoms with Gasteiger partial charge in [-0.3, -0.25) is 5.41 Å². The van der Waals surface area contributed by atoms with Gasteiger partial charge in [0.15, 0.2) is 0 Å². The molecule has 1 rings (SSSR count). The molecule has 0 aromatic heterocycles. The van der Waals surface area contributed by atoms with Gasteiger partial charge in [-0.25, -0.2) is 0 Å². The van der Waals surface area contributed by atoms with E-state index in [1.165, 1.54) is 4.31 Å². The third-order valence-electron chi connectivity index (χ3n) is 3.59. The second kappa shape index (κ2) is 7.38. The Morgan fingerprint density at radius 3 is 2.40 bits per heavy atom. The number of nitrogens with one attached hydrogen (secondary N) is 1. The minimum Gasteiger partial charge on any atom is -0.388 e. The van der Waals surface area contributed by atoms with Crippen molar-refractivity contribution < 1.29 is 8.42 Å². The van der Waals surface area contributed by atoms with Crippen LogP contribution in [0.2, 0.25) is 0 Å². The van der Waals surface area contributed by atoms with Crippen LogP contribution in [0.3, 0.4) is 0 Å². The molecule has 0 aromatic carbocycles. The highest BCUT2D eigenvalue weighted by Gasteiger charge is 2.32. The lowest BCUT2D eigenvalue weighted by atomic mass is 10.0. The van der Waals surface area contributed by atoms with Gasteiger partial charge < -0.3 is 5.73 Å². The molecule has 0 saturated carbocycles. The molecule has 118 valence electrons. The Morgan fingerprint density at radius 1 is 1.40 bits per heavy atom. The number of amidine groups is 1. The minimum atomic E-state index is -3.42. The minimum absolute atomic E-state index is 0.0289. The molecule has 0 spiro atoms. The number of piperidine rings is 1. The highest BCUT2D eigenvalue weighted by Crippen LogP contribution is 2.21. The zero-order valence-corrected chi connectivity index (χ0v) is 13.6. The molecule has 0 amide bonds. The Balaban J connectivity index is 2.78. The van der Waals surface area contributed by atoms with Crippen molar-refractivity contribution in [3.63, 3.8) is 0 Å². The van der Waals surface area contributed by atoms with Crippen LogP contribution < -0.4 is 5.73 Å². The Labute approximate surface area is 123 Å². The summed E-state index contributed by atoms with van der Waals surface area (Å²) in [7, 11) is -3.42. The van der Waals surface area contributed by atoms with Crippen molar-refractivity contribution in [1.82, 2.24) is 8.61 Å². The van der Waals surface area contributed by atoms with E-state index in [0.717, 1.165) is 12.8 Å². The Hall–Kier alpha value is -0.660. The van der Waals surface area contributed by atoms with E-state index in [1.54, 1.807) is 4.31 Å². The predicted molar refractivity (Wildman–Crippen MR) is 81.8 cm³/mol. The third kappa shape index (κ3) is 5.03. The summed E-state index contributed by atoms with van der Waals surface area (Å²) in [6.07, 6.45) is 2.12. The molecule has 1 aliphatic rings. The maximum Gasteiger partial charge on any atom is 0.281 e. The van der Waals surface area contributed by atoms with Crippen molar-refractivity contribution >= 4 is 16.0 Å². The molecule has 7 heteroatoms. The summed E-state index contributed by atoms with van der Waals surface area (Å²) in [5.41, 5.74) is 5.36. The first kappa shape index (κ1) is 17.4. The molecule has 1 saturated heterocycles. The molecule has 0 atom stereocenters. The lowest BCUT2D eigenvalue weighted by Crippen LogP contribution is -2.48. The molecule has 0 unspecified atom stereocenters. The van der Waals surface area contributed by atoms with Gasteiger partial charge in [0.1, 0.15) is 0 Å². The van der Waals surface area contributed by atoms with Gasteiger partial charge in [0.05, 0.1) is 5.84 Å². The first-order chi connectivity index (χ1) is 9.23. The fraction of sp³-hybridized carbons (Fsp3) is 0.923. The largest absolute Gasteiger partial charge is 0.388 e. The highest BCUT2D eigenvalue weighted by atomic mass is 32.2. The standard InChI is InChI=1S/C13H28N4O2S/c1-11(2)10-17(9-6-13(14)15)20(18,19)16-7-4-12(3)5-8-16/h11-12H,4-10H2,1-3H3,(H3,14,15). The lowest BCUT2D eigenvalue weighted by molar-refractivity contribution is 0.259. The normalized spacial score (nSPS) is 18.9. The average Bonchev–Trinajstić information content (AvgIpc) is 2.34. The molecule has 0 aliphatic carbocycles. The quantitative estimate of drug-likeness (QED) is 0.548. The summed E-state index contributed by atoms with van der Waals surface area (Å²) >= 11 is 0. The summed E-state index contributed by atoms with van der Waals surface area (Å²) in [5.74, 6) is 0.874. The number of hydrogen-bond acceptors (Lipinski definition) is 3.